The molecule has 7 nitrogen and oxygen atoms in total. The molecule has 0 atom stereocenters. The molecule has 0 fully saturated rings. The summed E-state index contributed by atoms with van der Waals surface area (Å²) in [5.41, 5.74) is 9.41. The second-order valence-corrected chi connectivity index (χ2v) is 6.53. The highest BCUT2D eigenvalue weighted by atomic mass is 19.4. The SMILES string of the molecule is Cc1ccc(N)cc1NC(=O)CCc1c(C)nc2nc(C(F)(F)F)nn2c1C. The van der Waals surface area contributed by atoms with Crippen molar-refractivity contribution in [2.24, 2.45) is 0 Å². The molecule has 3 rings (SSSR count). The molecule has 0 saturated heterocycles. The van der Waals surface area contributed by atoms with Gasteiger partial charge in [0, 0.05) is 29.2 Å². The van der Waals surface area contributed by atoms with Crippen LogP contribution in [0.1, 0.15) is 34.8 Å². The Morgan fingerprint density at radius 3 is 2.61 bits per heavy atom. The minimum Gasteiger partial charge on any atom is -0.399 e. The van der Waals surface area contributed by atoms with E-state index in [4.69, 9.17) is 5.73 Å². The Morgan fingerprint density at radius 2 is 1.93 bits per heavy atom. The number of carbonyl (C=O) groups excluding carboxylic acids is 1. The summed E-state index contributed by atoms with van der Waals surface area (Å²) >= 11 is 0. The number of nitrogens with zero attached hydrogens (tertiary/aromatic N) is 4. The van der Waals surface area contributed by atoms with Crippen molar-refractivity contribution in [3.8, 4) is 0 Å². The van der Waals surface area contributed by atoms with Gasteiger partial charge in [-0.3, -0.25) is 4.79 Å². The Kier molecular flexibility index (Phi) is 4.97. The van der Waals surface area contributed by atoms with Gasteiger partial charge in [-0.2, -0.15) is 18.2 Å². The number of fused-ring (bicyclic) bond motifs is 1. The summed E-state index contributed by atoms with van der Waals surface area (Å²) in [6, 6.07) is 5.22. The summed E-state index contributed by atoms with van der Waals surface area (Å²) in [5, 5.41) is 6.30. The lowest BCUT2D eigenvalue weighted by Crippen LogP contribution is -2.15. The van der Waals surface area contributed by atoms with E-state index in [2.05, 4.69) is 20.4 Å². The number of aryl methyl sites for hydroxylation is 3. The lowest BCUT2D eigenvalue weighted by Gasteiger charge is -2.12. The van der Waals surface area contributed by atoms with Crippen LogP contribution in [-0.4, -0.2) is 25.5 Å². The third-order valence-electron chi connectivity index (χ3n) is 4.44. The largest absolute Gasteiger partial charge is 0.453 e. The highest BCUT2D eigenvalue weighted by molar-refractivity contribution is 5.92. The van der Waals surface area contributed by atoms with Crippen LogP contribution in [-0.2, 0) is 17.4 Å². The van der Waals surface area contributed by atoms with Crippen LogP contribution >= 0.6 is 0 Å². The lowest BCUT2D eigenvalue weighted by molar-refractivity contribution is -0.144. The molecule has 0 aliphatic rings. The fraction of sp³-hybridized carbons (Fsp3) is 0.333. The van der Waals surface area contributed by atoms with Gasteiger partial charge in [-0.05, 0) is 50.5 Å². The quantitative estimate of drug-likeness (QED) is 0.665. The number of rotatable bonds is 4. The number of carbonyl (C=O) groups is 1. The molecule has 28 heavy (non-hydrogen) atoms. The Hall–Kier alpha value is -3.17. The van der Waals surface area contributed by atoms with Gasteiger partial charge in [0.1, 0.15) is 0 Å². The number of anilines is 2. The third kappa shape index (κ3) is 3.90. The van der Waals surface area contributed by atoms with Crippen molar-refractivity contribution in [1.29, 1.82) is 0 Å². The van der Waals surface area contributed by atoms with Gasteiger partial charge in [0.05, 0.1) is 0 Å². The van der Waals surface area contributed by atoms with E-state index >= 15 is 0 Å². The van der Waals surface area contributed by atoms with Crippen LogP contribution in [0.4, 0.5) is 24.5 Å². The zero-order valence-corrected chi connectivity index (χ0v) is 15.6. The number of aromatic nitrogens is 4. The van der Waals surface area contributed by atoms with E-state index < -0.39 is 12.0 Å². The lowest BCUT2D eigenvalue weighted by atomic mass is 10.1. The van der Waals surface area contributed by atoms with Crippen molar-refractivity contribution < 1.29 is 18.0 Å². The van der Waals surface area contributed by atoms with Crippen molar-refractivity contribution >= 4 is 23.1 Å². The maximum Gasteiger partial charge on any atom is 0.453 e. The third-order valence-corrected chi connectivity index (χ3v) is 4.44. The molecule has 0 unspecified atom stereocenters. The van der Waals surface area contributed by atoms with Crippen molar-refractivity contribution in [3.05, 3.63) is 46.5 Å². The Morgan fingerprint density at radius 1 is 1.21 bits per heavy atom. The molecule has 2 heterocycles. The molecule has 1 amide bonds. The van der Waals surface area contributed by atoms with Gasteiger partial charge < -0.3 is 11.1 Å². The smallest absolute Gasteiger partial charge is 0.399 e. The highest BCUT2D eigenvalue weighted by Gasteiger charge is 2.36. The van der Waals surface area contributed by atoms with Gasteiger partial charge in [-0.15, -0.1) is 5.10 Å². The molecule has 2 aromatic heterocycles. The van der Waals surface area contributed by atoms with Gasteiger partial charge in [0.25, 0.3) is 11.6 Å². The van der Waals surface area contributed by atoms with Gasteiger partial charge in [-0.1, -0.05) is 6.07 Å². The molecular weight excluding hydrogens is 373 g/mol. The summed E-state index contributed by atoms with van der Waals surface area (Å²) in [5.74, 6) is -1.59. The van der Waals surface area contributed by atoms with E-state index in [1.165, 1.54) is 0 Å². The molecule has 0 aliphatic heterocycles. The number of halogens is 3. The number of nitrogens with two attached hydrogens (primary N) is 1. The zero-order chi connectivity index (χ0) is 20.6. The van der Waals surface area contributed by atoms with Crippen LogP contribution in [0.15, 0.2) is 18.2 Å². The number of amides is 1. The van der Waals surface area contributed by atoms with Crippen LogP contribution in [0.5, 0.6) is 0 Å². The van der Waals surface area contributed by atoms with Gasteiger partial charge in [-0.25, -0.2) is 9.50 Å². The number of nitrogen functional groups attached to an aromatic ring is 1. The van der Waals surface area contributed by atoms with E-state index in [9.17, 15) is 18.0 Å². The Bertz CT molecular complexity index is 1060. The molecule has 148 valence electrons. The van der Waals surface area contributed by atoms with Crippen molar-refractivity contribution in [2.45, 2.75) is 39.8 Å². The summed E-state index contributed by atoms with van der Waals surface area (Å²) in [6.07, 6.45) is -4.22. The monoisotopic (exact) mass is 392 g/mol. The maximum atomic E-state index is 12.9. The molecule has 0 bridgehead atoms. The van der Waals surface area contributed by atoms with E-state index in [-0.39, 0.29) is 18.1 Å². The number of hydrogen-bond donors (Lipinski definition) is 2. The van der Waals surface area contributed by atoms with E-state index in [0.29, 0.717) is 34.7 Å². The van der Waals surface area contributed by atoms with E-state index in [1.807, 2.05) is 6.92 Å². The number of hydrogen-bond acceptors (Lipinski definition) is 5. The molecule has 3 aromatic rings. The van der Waals surface area contributed by atoms with Crippen LogP contribution < -0.4 is 11.1 Å². The zero-order valence-electron chi connectivity index (χ0n) is 15.6. The minimum absolute atomic E-state index is 0.120. The van der Waals surface area contributed by atoms with Crippen molar-refractivity contribution in [2.75, 3.05) is 11.1 Å². The number of benzene rings is 1. The summed E-state index contributed by atoms with van der Waals surface area (Å²) in [6.45, 7) is 5.15. The van der Waals surface area contributed by atoms with Crippen molar-refractivity contribution in [1.82, 2.24) is 19.6 Å². The van der Waals surface area contributed by atoms with Crippen LogP contribution in [0.2, 0.25) is 0 Å². The highest BCUT2D eigenvalue weighted by Crippen LogP contribution is 2.27. The topological polar surface area (TPSA) is 98.2 Å². The standard InChI is InChI=1S/C18H19F3N6O/c1-9-4-5-12(22)8-14(9)24-15(28)7-6-13-10(2)23-17-25-16(18(19,20)21)26-27(17)11(13)3/h4-5,8H,6-7,22H2,1-3H3,(H,24,28). The maximum absolute atomic E-state index is 12.9. The van der Waals surface area contributed by atoms with Gasteiger partial charge in [0.15, 0.2) is 0 Å². The van der Waals surface area contributed by atoms with E-state index in [1.54, 1.807) is 32.0 Å². The first kappa shape index (κ1) is 19.6. The number of alkyl halides is 3. The fourth-order valence-corrected chi connectivity index (χ4v) is 2.92. The Balaban J connectivity index is 1.80. The number of nitrogens with one attached hydrogen (secondary N) is 1. The van der Waals surface area contributed by atoms with Crippen LogP contribution in [0.25, 0.3) is 5.78 Å². The van der Waals surface area contributed by atoms with Crippen molar-refractivity contribution in [3.63, 3.8) is 0 Å². The van der Waals surface area contributed by atoms with Gasteiger partial charge in [0.2, 0.25) is 5.91 Å². The second kappa shape index (κ2) is 7.10. The van der Waals surface area contributed by atoms with Gasteiger partial charge >= 0.3 is 6.18 Å². The minimum atomic E-state index is -4.65. The summed E-state index contributed by atoms with van der Waals surface area (Å²) in [7, 11) is 0. The first-order valence-corrected chi connectivity index (χ1v) is 8.52. The van der Waals surface area contributed by atoms with Crippen LogP contribution in [0.3, 0.4) is 0 Å². The average Bonchev–Trinajstić information content (AvgIpc) is 3.02. The fourth-order valence-electron chi connectivity index (χ4n) is 2.92. The first-order chi connectivity index (χ1) is 13.1. The average molecular weight is 392 g/mol. The molecule has 0 radical (unpaired) electrons. The normalized spacial score (nSPS) is 11.8. The molecule has 0 aliphatic carbocycles. The second-order valence-electron chi connectivity index (χ2n) is 6.53. The summed E-state index contributed by atoms with van der Waals surface area (Å²) in [4.78, 5) is 19.9. The van der Waals surface area contributed by atoms with Crippen LogP contribution in [0, 0.1) is 20.8 Å². The predicted molar refractivity (Wildman–Crippen MR) is 97.8 cm³/mol. The first-order valence-electron chi connectivity index (χ1n) is 8.52. The molecule has 10 heteroatoms. The summed E-state index contributed by atoms with van der Waals surface area (Å²) < 4.78 is 39.6. The molecule has 1 aromatic carbocycles. The molecule has 0 spiro atoms. The molecular formula is C18H19F3N6O. The Labute approximate surface area is 158 Å². The van der Waals surface area contributed by atoms with E-state index in [0.717, 1.165) is 10.1 Å². The predicted octanol–water partition coefficient (Wildman–Crippen LogP) is 3.22. The molecule has 3 N–H and O–H groups in total. The molecule has 0 saturated carbocycles.